The van der Waals surface area contributed by atoms with E-state index in [-0.39, 0.29) is 5.91 Å². The Bertz CT molecular complexity index is 351. The van der Waals surface area contributed by atoms with Gasteiger partial charge in [-0.05, 0) is 37.1 Å². The molecule has 0 fully saturated rings. The lowest BCUT2D eigenvalue weighted by molar-refractivity contribution is -0.116. The first-order chi connectivity index (χ1) is 8.76. The van der Waals surface area contributed by atoms with Gasteiger partial charge in [0.05, 0.1) is 6.61 Å². The first-order valence-corrected chi connectivity index (χ1v) is 6.88. The number of carbonyl (C=O) groups is 1. The van der Waals surface area contributed by atoms with Crippen molar-refractivity contribution in [3.05, 3.63) is 24.3 Å². The zero-order chi connectivity index (χ0) is 13.2. The van der Waals surface area contributed by atoms with E-state index in [1.54, 1.807) is 0 Å². The van der Waals surface area contributed by atoms with E-state index in [1.165, 1.54) is 0 Å². The molecule has 0 atom stereocenters. The third-order valence-corrected chi connectivity index (χ3v) is 2.71. The Labute approximate surface area is 113 Å². The first-order valence-electron chi connectivity index (χ1n) is 6.35. The molecule has 0 radical (unpaired) electrons. The zero-order valence-corrected chi connectivity index (χ0v) is 11.5. The molecule has 0 aliphatic rings. The molecule has 0 spiro atoms. The molecule has 1 aromatic carbocycles. The highest BCUT2D eigenvalue weighted by Crippen LogP contribution is 2.16. The number of ether oxygens (including phenoxy) is 1. The van der Waals surface area contributed by atoms with Gasteiger partial charge in [-0.3, -0.25) is 4.79 Å². The summed E-state index contributed by atoms with van der Waals surface area (Å²) in [6, 6.07) is 7.43. The minimum Gasteiger partial charge on any atom is -0.494 e. The van der Waals surface area contributed by atoms with Gasteiger partial charge in [0.2, 0.25) is 5.91 Å². The fourth-order valence-corrected chi connectivity index (χ4v) is 1.55. The summed E-state index contributed by atoms with van der Waals surface area (Å²) in [5.41, 5.74) is 0.789. The second-order valence-corrected chi connectivity index (χ2v) is 4.45. The van der Waals surface area contributed by atoms with Crippen LogP contribution in [0.2, 0.25) is 0 Å². The summed E-state index contributed by atoms with van der Waals surface area (Å²) in [6.45, 7) is 2.86. The van der Waals surface area contributed by atoms with Crippen molar-refractivity contribution in [1.82, 2.24) is 0 Å². The van der Waals surface area contributed by atoms with Crippen molar-refractivity contribution in [2.45, 2.75) is 32.6 Å². The summed E-state index contributed by atoms with van der Waals surface area (Å²) in [7, 11) is 0. The van der Waals surface area contributed by atoms with Crippen molar-refractivity contribution >= 4 is 23.2 Å². The van der Waals surface area contributed by atoms with E-state index < -0.39 is 0 Å². The minimum atomic E-state index is -0.00435. The molecular weight excluding hydrogens is 250 g/mol. The lowest BCUT2D eigenvalue weighted by Gasteiger charge is -2.07. The maximum Gasteiger partial charge on any atom is 0.224 e. The molecule has 1 rings (SSSR count). The van der Waals surface area contributed by atoms with E-state index in [9.17, 15) is 4.79 Å². The standard InChI is InChI=1S/C14H20ClNO2/c1-2-3-11-18-13-8-6-12(7-9-13)16-14(17)5-4-10-15/h6-9H,2-5,10-11H2,1H3,(H,16,17). The van der Waals surface area contributed by atoms with Crippen molar-refractivity contribution < 1.29 is 9.53 Å². The molecule has 100 valence electrons. The Balaban J connectivity index is 2.37. The van der Waals surface area contributed by atoms with Crippen molar-refractivity contribution in [2.24, 2.45) is 0 Å². The number of hydrogen-bond acceptors (Lipinski definition) is 2. The summed E-state index contributed by atoms with van der Waals surface area (Å²) in [6.07, 6.45) is 3.33. The number of nitrogens with one attached hydrogen (secondary N) is 1. The molecule has 18 heavy (non-hydrogen) atoms. The maximum absolute atomic E-state index is 11.5. The molecule has 3 nitrogen and oxygen atoms in total. The largest absolute Gasteiger partial charge is 0.494 e. The third-order valence-electron chi connectivity index (χ3n) is 2.44. The van der Waals surface area contributed by atoms with Crippen LogP contribution in [0.25, 0.3) is 0 Å². The number of carbonyl (C=O) groups excluding carboxylic acids is 1. The van der Waals surface area contributed by atoms with Gasteiger partial charge in [0.1, 0.15) is 5.75 Å². The summed E-state index contributed by atoms with van der Waals surface area (Å²) in [5.74, 6) is 1.34. The van der Waals surface area contributed by atoms with Gasteiger partial charge in [-0.1, -0.05) is 13.3 Å². The van der Waals surface area contributed by atoms with E-state index in [0.717, 1.165) is 30.9 Å². The van der Waals surface area contributed by atoms with Gasteiger partial charge in [-0.2, -0.15) is 0 Å². The Hall–Kier alpha value is -1.22. The first kappa shape index (κ1) is 14.8. The Morgan fingerprint density at radius 2 is 2.00 bits per heavy atom. The van der Waals surface area contributed by atoms with E-state index in [2.05, 4.69) is 12.2 Å². The topological polar surface area (TPSA) is 38.3 Å². The van der Waals surface area contributed by atoms with Crippen LogP contribution in [0.5, 0.6) is 5.75 Å². The highest BCUT2D eigenvalue weighted by atomic mass is 35.5. The molecule has 0 aliphatic heterocycles. The lowest BCUT2D eigenvalue weighted by Crippen LogP contribution is -2.11. The summed E-state index contributed by atoms with van der Waals surface area (Å²) in [4.78, 5) is 11.5. The number of unbranched alkanes of at least 4 members (excludes halogenated alkanes) is 1. The van der Waals surface area contributed by atoms with Crippen LogP contribution in [-0.2, 0) is 4.79 Å². The molecule has 0 saturated heterocycles. The highest BCUT2D eigenvalue weighted by molar-refractivity contribution is 6.18. The zero-order valence-electron chi connectivity index (χ0n) is 10.7. The van der Waals surface area contributed by atoms with Crippen molar-refractivity contribution in [1.29, 1.82) is 0 Å². The van der Waals surface area contributed by atoms with Crippen LogP contribution in [0.3, 0.4) is 0 Å². The van der Waals surface area contributed by atoms with Gasteiger partial charge in [0, 0.05) is 18.0 Å². The predicted molar refractivity (Wildman–Crippen MR) is 75.4 cm³/mol. The van der Waals surface area contributed by atoms with E-state index >= 15 is 0 Å². The third kappa shape index (κ3) is 5.92. The average Bonchev–Trinajstić information content (AvgIpc) is 2.39. The molecule has 0 bridgehead atoms. The average molecular weight is 270 g/mol. The molecule has 1 N–H and O–H groups in total. The second-order valence-electron chi connectivity index (χ2n) is 4.07. The fourth-order valence-electron chi connectivity index (χ4n) is 1.42. The summed E-state index contributed by atoms with van der Waals surface area (Å²) < 4.78 is 5.54. The fraction of sp³-hybridized carbons (Fsp3) is 0.500. The van der Waals surface area contributed by atoms with Crippen LogP contribution in [0, 0.1) is 0 Å². The van der Waals surface area contributed by atoms with Gasteiger partial charge < -0.3 is 10.1 Å². The van der Waals surface area contributed by atoms with Crippen molar-refractivity contribution in [2.75, 3.05) is 17.8 Å². The van der Waals surface area contributed by atoms with Crippen LogP contribution >= 0.6 is 11.6 Å². The van der Waals surface area contributed by atoms with Gasteiger partial charge in [0.15, 0.2) is 0 Å². The molecule has 1 aromatic rings. The molecule has 1 amide bonds. The molecule has 4 heteroatoms. The van der Waals surface area contributed by atoms with Crippen LogP contribution in [-0.4, -0.2) is 18.4 Å². The highest BCUT2D eigenvalue weighted by Gasteiger charge is 2.02. The van der Waals surface area contributed by atoms with Gasteiger partial charge in [-0.25, -0.2) is 0 Å². The predicted octanol–water partition coefficient (Wildman–Crippen LogP) is 3.82. The number of alkyl halides is 1. The van der Waals surface area contributed by atoms with Crippen LogP contribution in [0.4, 0.5) is 5.69 Å². The Kier molecular flexibility index (Phi) is 7.26. The monoisotopic (exact) mass is 269 g/mol. The number of anilines is 1. The van der Waals surface area contributed by atoms with Gasteiger partial charge in [0.25, 0.3) is 0 Å². The second kappa shape index (κ2) is 8.81. The number of amides is 1. The van der Waals surface area contributed by atoms with E-state index in [1.807, 2.05) is 24.3 Å². The smallest absolute Gasteiger partial charge is 0.224 e. The molecule has 0 heterocycles. The molecule has 0 saturated carbocycles. The number of hydrogen-bond donors (Lipinski definition) is 1. The van der Waals surface area contributed by atoms with Crippen LogP contribution in [0.15, 0.2) is 24.3 Å². The van der Waals surface area contributed by atoms with Crippen LogP contribution in [0.1, 0.15) is 32.6 Å². The SMILES string of the molecule is CCCCOc1ccc(NC(=O)CCCCl)cc1. The normalized spacial score (nSPS) is 10.1. The summed E-state index contributed by atoms with van der Waals surface area (Å²) in [5, 5.41) is 2.82. The van der Waals surface area contributed by atoms with Crippen molar-refractivity contribution in [3.63, 3.8) is 0 Å². The Morgan fingerprint density at radius 1 is 1.28 bits per heavy atom. The lowest BCUT2D eigenvalue weighted by atomic mass is 10.2. The van der Waals surface area contributed by atoms with Gasteiger partial charge in [-0.15, -0.1) is 11.6 Å². The number of benzene rings is 1. The van der Waals surface area contributed by atoms with E-state index in [0.29, 0.717) is 18.7 Å². The maximum atomic E-state index is 11.5. The number of rotatable bonds is 8. The van der Waals surface area contributed by atoms with Gasteiger partial charge >= 0.3 is 0 Å². The Morgan fingerprint density at radius 3 is 2.61 bits per heavy atom. The molecular formula is C14H20ClNO2. The molecule has 0 aromatic heterocycles. The quantitative estimate of drug-likeness (QED) is 0.575. The molecule has 0 aliphatic carbocycles. The van der Waals surface area contributed by atoms with E-state index in [4.69, 9.17) is 16.3 Å². The minimum absolute atomic E-state index is 0.00435. The van der Waals surface area contributed by atoms with Crippen molar-refractivity contribution in [3.8, 4) is 5.75 Å². The number of halogens is 1. The summed E-state index contributed by atoms with van der Waals surface area (Å²) >= 11 is 5.53. The molecule has 0 unspecified atom stereocenters. The van der Waals surface area contributed by atoms with Crippen LogP contribution < -0.4 is 10.1 Å².